The molecule has 2 atom stereocenters. The largest absolute Gasteiger partial charge is 0.373 e. The zero-order valence-corrected chi connectivity index (χ0v) is 17.0. The van der Waals surface area contributed by atoms with Gasteiger partial charge in [-0.25, -0.2) is 0 Å². The van der Waals surface area contributed by atoms with Gasteiger partial charge in [-0.15, -0.1) is 24.0 Å². The summed E-state index contributed by atoms with van der Waals surface area (Å²) in [5, 5.41) is 3.14. The molecule has 0 aliphatic carbocycles. The number of rotatable bonds is 7. The van der Waals surface area contributed by atoms with Gasteiger partial charge in [0.25, 0.3) is 0 Å². The lowest BCUT2D eigenvalue weighted by atomic mass is 10.2. The lowest BCUT2D eigenvalue weighted by molar-refractivity contribution is -0.0679. The Morgan fingerprint density at radius 3 is 2.79 bits per heavy atom. The van der Waals surface area contributed by atoms with Crippen molar-refractivity contribution in [2.75, 3.05) is 32.7 Å². The molecule has 1 aliphatic rings. The van der Waals surface area contributed by atoms with Gasteiger partial charge >= 0.3 is 0 Å². The average Bonchev–Trinajstić information content (AvgIpc) is 2.52. The molecular weight excluding hydrogens is 417 g/mol. The summed E-state index contributed by atoms with van der Waals surface area (Å²) in [5.41, 5.74) is 6.94. The Bertz CT molecular complexity index is 475. The maximum Gasteiger partial charge on any atom is 0.188 e. The lowest BCUT2D eigenvalue weighted by Crippen LogP contribution is -2.45. The molecule has 2 heterocycles. The number of pyridine rings is 1. The van der Waals surface area contributed by atoms with Crippen molar-refractivity contribution in [1.29, 1.82) is 0 Å². The maximum atomic E-state index is 5.89. The van der Waals surface area contributed by atoms with Crippen LogP contribution in [0.1, 0.15) is 26.0 Å². The molecule has 1 fully saturated rings. The van der Waals surface area contributed by atoms with Crippen LogP contribution < -0.4 is 11.1 Å². The van der Waals surface area contributed by atoms with Crippen molar-refractivity contribution in [3.05, 3.63) is 30.1 Å². The Hall–Kier alpha value is -0.930. The summed E-state index contributed by atoms with van der Waals surface area (Å²) in [4.78, 5) is 11.1. The van der Waals surface area contributed by atoms with Crippen LogP contribution in [-0.2, 0) is 11.2 Å². The molecule has 0 radical (unpaired) electrons. The van der Waals surface area contributed by atoms with Crippen LogP contribution in [-0.4, -0.2) is 60.8 Å². The molecule has 0 bridgehead atoms. The molecule has 2 unspecified atom stereocenters. The number of ether oxygens (including phenoxy) is 1. The Morgan fingerprint density at radius 1 is 1.38 bits per heavy atom. The number of aromatic nitrogens is 1. The molecule has 24 heavy (non-hydrogen) atoms. The molecule has 1 aliphatic heterocycles. The summed E-state index contributed by atoms with van der Waals surface area (Å²) >= 11 is 0. The number of nitrogens with zero attached hydrogens (tertiary/aromatic N) is 3. The predicted molar refractivity (Wildman–Crippen MR) is 109 cm³/mol. The first-order chi connectivity index (χ1) is 11.1. The highest BCUT2D eigenvalue weighted by Crippen LogP contribution is 2.10. The number of morpholine rings is 1. The molecule has 136 valence electrons. The fourth-order valence-electron chi connectivity index (χ4n) is 2.88. The van der Waals surface area contributed by atoms with Gasteiger partial charge in [-0.05, 0) is 32.4 Å². The Labute approximate surface area is 162 Å². The van der Waals surface area contributed by atoms with Crippen LogP contribution in [0.3, 0.4) is 0 Å². The first-order valence-corrected chi connectivity index (χ1v) is 8.45. The summed E-state index contributed by atoms with van der Waals surface area (Å²) in [6, 6.07) is 5.93. The lowest BCUT2D eigenvalue weighted by Gasteiger charge is -2.35. The van der Waals surface area contributed by atoms with Crippen molar-refractivity contribution in [2.45, 2.75) is 38.9 Å². The van der Waals surface area contributed by atoms with E-state index in [0.29, 0.717) is 18.2 Å². The Morgan fingerprint density at radius 2 is 2.12 bits per heavy atom. The van der Waals surface area contributed by atoms with Crippen LogP contribution in [0, 0.1) is 0 Å². The number of guanidine groups is 1. The molecule has 0 spiro atoms. The first kappa shape index (κ1) is 21.1. The highest BCUT2D eigenvalue weighted by atomic mass is 127. The molecule has 1 saturated heterocycles. The van der Waals surface area contributed by atoms with E-state index in [1.807, 2.05) is 18.2 Å². The maximum absolute atomic E-state index is 5.89. The standard InChI is InChI=1S/C17H29N5O.HI/c1-14-12-22(13-15(2)23-14)11-5-9-20-17(18)21-10-7-16-6-3-4-8-19-16;/h3-4,6,8,14-15H,5,7,9-13H2,1-2H3,(H3,18,20,21);1H. The summed E-state index contributed by atoms with van der Waals surface area (Å²) < 4.78 is 5.74. The second-order valence-electron chi connectivity index (χ2n) is 6.14. The molecule has 0 aromatic carbocycles. The van der Waals surface area contributed by atoms with Gasteiger partial charge in [0.15, 0.2) is 5.96 Å². The minimum atomic E-state index is 0. The van der Waals surface area contributed by atoms with E-state index in [4.69, 9.17) is 10.5 Å². The van der Waals surface area contributed by atoms with E-state index in [9.17, 15) is 0 Å². The van der Waals surface area contributed by atoms with E-state index in [0.717, 1.165) is 51.3 Å². The monoisotopic (exact) mass is 447 g/mol. The van der Waals surface area contributed by atoms with Crippen LogP contribution in [0.25, 0.3) is 0 Å². The van der Waals surface area contributed by atoms with Crippen LogP contribution in [0.5, 0.6) is 0 Å². The molecular formula is C17H30IN5O. The van der Waals surface area contributed by atoms with Crippen molar-refractivity contribution in [3.63, 3.8) is 0 Å². The third kappa shape index (κ3) is 8.25. The highest BCUT2D eigenvalue weighted by molar-refractivity contribution is 14.0. The molecule has 6 nitrogen and oxygen atoms in total. The third-order valence-electron chi connectivity index (χ3n) is 3.82. The van der Waals surface area contributed by atoms with Gasteiger partial charge in [0.1, 0.15) is 0 Å². The van der Waals surface area contributed by atoms with E-state index < -0.39 is 0 Å². The van der Waals surface area contributed by atoms with E-state index >= 15 is 0 Å². The van der Waals surface area contributed by atoms with E-state index in [1.165, 1.54) is 0 Å². The molecule has 1 aromatic heterocycles. The van der Waals surface area contributed by atoms with Crippen LogP contribution in [0.15, 0.2) is 29.4 Å². The van der Waals surface area contributed by atoms with Gasteiger partial charge < -0.3 is 15.8 Å². The van der Waals surface area contributed by atoms with E-state index in [1.54, 1.807) is 6.20 Å². The van der Waals surface area contributed by atoms with Crippen LogP contribution >= 0.6 is 24.0 Å². The second-order valence-corrected chi connectivity index (χ2v) is 6.14. The highest BCUT2D eigenvalue weighted by Gasteiger charge is 2.21. The third-order valence-corrected chi connectivity index (χ3v) is 3.82. The van der Waals surface area contributed by atoms with Crippen molar-refractivity contribution >= 4 is 29.9 Å². The molecule has 1 aromatic rings. The number of nitrogens with one attached hydrogen (secondary N) is 1. The SMILES string of the molecule is CC1CN(CCCN=C(N)NCCc2ccccn2)CC(C)O1.I. The normalized spacial score (nSPS) is 22.0. The number of aliphatic imine (C=N–C) groups is 1. The minimum Gasteiger partial charge on any atom is -0.373 e. The number of nitrogens with two attached hydrogens (primary N) is 1. The molecule has 7 heteroatoms. The topological polar surface area (TPSA) is 75.8 Å². The number of hydrogen-bond donors (Lipinski definition) is 2. The molecule has 0 saturated carbocycles. The fourth-order valence-corrected chi connectivity index (χ4v) is 2.88. The number of hydrogen-bond acceptors (Lipinski definition) is 4. The fraction of sp³-hybridized carbons (Fsp3) is 0.647. The number of halogens is 1. The van der Waals surface area contributed by atoms with Crippen molar-refractivity contribution in [1.82, 2.24) is 15.2 Å². The van der Waals surface area contributed by atoms with Gasteiger partial charge in [-0.1, -0.05) is 6.07 Å². The van der Waals surface area contributed by atoms with Crippen LogP contribution in [0.4, 0.5) is 0 Å². The van der Waals surface area contributed by atoms with Gasteiger partial charge in [-0.2, -0.15) is 0 Å². The molecule has 3 N–H and O–H groups in total. The van der Waals surface area contributed by atoms with Gasteiger partial charge in [0.2, 0.25) is 0 Å². The van der Waals surface area contributed by atoms with E-state index in [2.05, 4.69) is 34.0 Å². The minimum absolute atomic E-state index is 0. The summed E-state index contributed by atoms with van der Waals surface area (Å²) in [6.45, 7) is 8.82. The first-order valence-electron chi connectivity index (χ1n) is 8.45. The van der Waals surface area contributed by atoms with Crippen molar-refractivity contribution in [2.24, 2.45) is 10.7 Å². The predicted octanol–water partition coefficient (Wildman–Crippen LogP) is 1.65. The van der Waals surface area contributed by atoms with E-state index in [-0.39, 0.29) is 24.0 Å². The van der Waals surface area contributed by atoms with Gasteiger partial charge in [0, 0.05) is 51.0 Å². The summed E-state index contributed by atoms with van der Waals surface area (Å²) in [5.74, 6) is 0.518. The van der Waals surface area contributed by atoms with Gasteiger partial charge in [0.05, 0.1) is 12.2 Å². The van der Waals surface area contributed by atoms with Crippen molar-refractivity contribution in [3.8, 4) is 0 Å². The molecule has 0 amide bonds. The summed E-state index contributed by atoms with van der Waals surface area (Å²) in [7, 11) is 0. The Kier molecular flexibility index (Phi) is 10.2. The Balaban J connectivity index is 0.00000288. The van der Waals surface area contributed by atoms with Crippen LogP contribution in [0.2, 0.25) is 0 Å². The smallest absolute Gasteiger partial charge is 0.188 e. The summed E-state index contributed by atoms with van der Waals surface area (Å²) in [6.07, 6.45) is 4.31. The quantitative estimate of drug-likeness (QED) is 0.288. The molecule has 2 rings (SSSR count). The zero-order valence-electron chi connectivity index (χ0n) is 14.6. The average molecular weight is 447 g/mol. The second kappa shape index (κ2) is 11.6. The van der Waals surface area contributed by atoms with Crippen molar-refractivity contribution < 1.29 is 4.74 Å². The zero-order chi connectivity index (χ0) is 16.5. The van der Waals surface area contributed by atoms with Gasteiger partial charge in [-0.3, -0.25) is 14.9 Å².